The highest BCUT2D eigenvalue weighted by Gasteiger charge is 2.11. The van der Waals surface area contributed by atoms with Crippen LogP contribution in [0.3, 0.4) is 0 Å². The Morgan fingerprint density at radius 3 is 2.48 bits per heavy atom. The summed E-state index contributed by atoms with van der Waals surface area (Å²) in [6.07, 6.45) is 6.18. The number of ether oxygens (including phenoxy) is 1. The zero-order valence-corrected chi connectivity index (χ0v) is 16.3. The quantitative estimate of drug-likeness (QED) is 0.252. The number of hydrogen-bond donors (Lipinski definition) is 3. The number of nitrogens with zero attached hydrogens (tertiary/aromatic N) is 2. The Kier molecular flexibility index (Phi) is 9.23. The monoisotopic (exact) mass is 385 g/mol. The van der Waals surface area contributed by atoms with Crippen LogP contribution in [0.25, 0.3) is 0 Å². The van der Waals surface area contributed by atoms with E-state index in [1.54, 1.807) is 17.3 Å². The first kappa shape index (κ1) is 20.8. The van der Waals surface area contributed by atoms with E-state index >= 15 is 0 Å². The Labute approximate surface area is 166 Å². The second kappa shape index (κ2) is 12.0. The van der Waals surface area contributed by atoms with Gasteiger partial charge in [0.1, 0.15) is 0 Å². The number of nitrogens with one attached hydrogen (secondary N) is 2. The van der Waals surface area contributed by atoms with Crippen LogP contribution >= 0.6 is 12.2 Å². The average Bonchev–Trinajstić information content (AvgIpc) is 2.69. The van der Waals surface area contributed by atoms with Crippen molar-refractivity contribution in [2.24, 2.45) is 5.73 Å². The van der Waals surface area contributed by atoms with Gasteiger partial charge >= 0.3 is 0 Å². The predicted molar refractivity (Wildman–Crippen MR) is 113 cm³/mol. The minimum absolute atomic E-state index is 0.0489. The molecule has 7 heteroatoms. The van der Waals surface area contributed by atoms with Crippen molar-refractivity contribution in [1.82, 2.24) is 15.2 Å². The van der Waals surface area contributed by atoms with E-state index in [0.717, 1.165) is 19.3 Å². The van der Waals surface area contributed by atoms with Crippen molar-refractivity contribution in [3.05, 3.63) is 66.0 Å². The molecule has 0 aliphatic rings. The van der Waals surface area contributed by atoms with Gasteiger partial charge in [0, 0.05) is 25.5 Å². The number of benzene rings is 1. The van der Waals surface area contributed by atoms with E-state index in [0.29, 0.717) is 31.4 Å². The molecule has 6 nitrogen and oxygen atoms in total. The summed E-state index contributed by atoms with van der Waals surface area (Å²) >= 11 is 5.36. The fourth-order valence-electron chi connectivity index (χ4n) is 2.58. The number of guanidine groups is 1. The van der Waals surface area contributed by atoms with Crippen molar-refractivity contribution in [3.8, 4) is 0 Å². The number of aromatic nitrogens is 1. The maximum absolute atomic E-state index is 7.74. The highest BCUT2D eigenvalue weighted by Crippen LogP contribution is 2.03. The van der Waals surface area contributed by atoms with Gasteiger partial charge in [0.2, 0.25) is 0 Å². The summed E-state index contributed by atoms with van der Waals surface area (Å²) in [7, 11) is 0. The Morgan fingerprint density at radius 1 is 1.07 bits per heavy atom. The highest BCUT2D eigenvalue weighted by molar-refractivity contribution is 7.80. The Balaban J connectivity index is 1.61. The standard InChI is InChI=1S/C20H27N5OS/c21-19(22)25(14-4-7-18-8-11-23-12-9-18)20(27)24-13-16-26-15-10-17-5-2-1-3-6-17/h1-3,5-6,8-9,11-12H,4,7,10,13-16H2,(H3,21,22)(H,24,27). The average molecular weight is 386 g/mol. The first-order valence-electron chi connectivity index (χ1n) is 9.07. The van der Waals surface area contributed by atoms with Gasteiger partial charge in [0.25, 0.3) is 0 Å². The number of rotatable bonds is 10. The third-order valence-electron chi connectivity index (χ3n) is 4.03. The molecule has 2 aromatic rings. The first-order chi connectivity index (χ1) is 13.2. The molecule has 0 saturated heterocycles. The molecule has 144 valence electrons. The summed E-state index contributed by atoms with van der Waals surface area (Å²) < 4.78 is 5.64. The second-order valence-electron chi connectivity index (χ2n) is 6.08. The van der Waals surface area contributed by atoms with Crippen molar-refractivity contribution in [2.75, 3.05) is 26.3 Å². The summed E-state index contributed by atoms with van der Waals surface area (Å²) in [4.78, 5) is 5.62. The van der Waals surface area contributed by atoms with Gasteiger partial charge in [-0.05, 0) is 54.7 Å². The molecule has 0 fully saturated rings. The van der Waals surface area contributed by atoms with Gasteiger partial charge in [0.15, 0.2) is 11.1 Å². The van der Waals surface area contributed by atoms with Crippen LogP contribution in [-0.2, 0) is 17.6 Å². The Morgan fingerprint density at radius 2 is 1.78 bits per heavy atom. The predicted octanol–water partition coefficient (Wildman–Crippen LogP) is 2.34. The van der Waals surface area contributed by atoms with Crippen LogP contribution in [0, 0.1) is 5.41 Å². The van der Waals surface area contributed by atoms with Crippen LogP contribution in [0.5, 0.6) is 0 Å². The first-order valence-corrected chi connectivity index (χ1v) is 9.47. The van der Waals surface area contributed by atoms with Crippen LogP contribution in [-0.4, -0.2) is 47.3 Å². The molecule has 2 rings (SSSR count). The van der Waals surface area contributed by atoms with E-state index in [1.165, 1.54) is 11.1 Å². The summed E-state index contributed by atoms with van der Waals surface area (Å²) in [6.45, 7) is 2.40. The fraction of sp³-hybridized carbons (Fsp3) is 0.350. The number of nitrogens with two attached hydrogens (primary N) is 1. The number of thiocarbonyl (C=S) groups is 1. The normalized spacial score (nSPS) is 10.4. The zero-order valence-electron chi connectivity index (χ0n) is 15.4. The molecule has 0 amide bonds. The molecule has 1 aromatic carbocycles. The molecule has 0 spiro atoms. The summed E-state index contributed by atoms with van der Waals surface area (Å²) in [6, 6.07) is 14.2. The molecule has 27 heavy (non-hydrogen) atoms. The fourth-order valence-corrected chi connectivity index (χ4v) is 2.88. The molecule has 0 bridgehead atoms. The molecule has 0 aliphatic carbocycles. The molecule has 0 unspecified atom stereocenters. The minimum Gasteiger partial charge on any atom is -0.379 e. The number of aryl methyl sites for hydroxylation is 1. The summed E-state index contributed by atoms with van der Waals surface area (Å²) in [5, 5.41) is 11.3. The van der Waals surface area contributed by atoms with Crippen LogP contribution in [0.4, 0.5) is 0 Å². The molecule has 0 radical (unpaired) electrons. The number of hydrogen-bond acceptors (Lipinski definition) is 4. The Bertz CT molecular complexity index is 696. The van der Waals surface area contributed by atoms with Gasteiger partial charge in [-0.1, -0.05) is 30.3 Å². The van der Waals surface area contributed by atoms with E-state index in [-0.39, 0.29) is 5.96 Å². The lowest BCUT2D eigenvalue weighted by atomic mass is 10.1. The van der Waals surface area contributed by atoms with Crippen molar-refractivity contribution < 1.29 is 4.74 Å². The zero-order chi connectivity index (χ0) is 19.3. The van der Waals surface area contributed by atoms with Gasteiger partial charge in [-0.15, -0.1) is 0 Å². The highest BCUT2D eigenvalue weighted by atomic mass is 32.1. The summed E-state index contributed by atoms with van der Waals surface area (Å²) in [5.41, 5.74) is 8.14. The van der Waals surface area contributed by atoms with E-state index < -0.39 is 0 Å². The molecule has 0 aliphatic heterocycles. The van der Waals surface area contributed by atoms with Crippen LogP contribution < -0.4 is 11.1 Å². The lowest BCUT2D eigenvalue weighted by Crippen LogP contribution is -2.48. The van der Waals surface area contributed by atoms with Gasteiger partial charge < -0.3 is 15.8 Å². The van der Waals surface area contributed by atoms with E-state index in [1.807, 2.05) is 30.3 Å². The van der Waals surface area contributed by atoms with Crippen molar-refractivity contribution in [1.29, 1.82) is 5.41 Å². The summed E-state index contributed by atoms with van der Waals surface area (Å²) in [5.74, 6) is -0.0489. The van der Waals surface area contributed by atoms with Crippen LogP contribution in [0.1, 0.15) is 17.5 Å². The Hall–Kier alpha value is -2.51. The lowest BCUT2D eigenvalue weighted by molar-refractivity contribution is 0.141. The van der Waals surface area contributed by atoms with Crippen molar-refractivity contribution in [3.63, 3.8) is 0 Å². The molecular formula is C20H27N5OS. The van der Waals surface area contributed by atoms with Gasteiger partial charge in [-0.2, -0.15) is 0 Å². The van der Waals surface area contributed by atoms with Crippen LogP contribution in [0.15, 0.2) is 54.9 Å². The maximum atomic E-state index is 7.74. The van der Waals surface area contributed by atoms with E-state index in [9.17, 15) is 0 Å². The number of pyridine rings is 1. The lowest BCUT2D eigenvalue weighted by Gasteiger charge is -2.24. The third kappa shape index (κ3) is 8.15. The molecule has 0 atom stereocenters. The minimum atomic E-state index is -0.0489. The maximum Gasteiger partial charge on any atom is 0.194 e. The largest absolute Gasteiger partial charge is 0.379 e. The molecular weight excluding hydrogens is 358 g/mol. The molecule has 4 N–H and O–H groups in total. The van der Waals surface area contributed by atoms with E-state index in [4.69, 9.17) is 28.1 Å². The molecule has 1 aromatic heterocycles. The van der Waals surface area contributed by atoms with Crippen LogP contribution in [0.2, 0.25) is 0 Å². The van der Waals surface area contributed by atoms with Gasteiger partial charge in [-0.3, -0.25) is 15.3 Å². The van der Waals surface area contributed by atoms with Gasteiger partial charge in [-0.25, -0.2) is 0 Å². The third-order valence-corrected chi connectivity index (χ3v) is 4.40. The molecule has 1 heterocycles. The second-order valence-corrected chi connectivity index (χ2v) is 6.46. The van der Waals surface area contributed by atoms with Crippen molar-refractivity contribution >= 4 is 23.3 Å². The van der Waals surface area contributed by atoms with Gasteiger partial charge in [0.05, 0.1) is 13.2 Å². The topological polar surface area (TPSA) is 87.3 Å². The molecule has 0 saturated carbocycles. The van der Waals surface area contributed by atoms with Crippen molar-refractivity contribution in [2.45, 2.75) is 19.3 Å². The smallest absolute Gasteiger partial charge is 0.194 e. The SMILES string of the molecule is N=C(N)N(CCCc1ccncc1)C(=S)NCCOCCc1ccccc1. The van der Waals surface area contributed by atoms with E-state index in [2.05, 4.69) is 22.4 Å².